The Kier molecular flexibility index (Phi) is 2.92. The molecule has 0 aliphatic rings. The summed E-state index contributed by atoms with van der Waals surface area (Å²) in [5.41, 5.74) is 0. The SMILES string of the molecule is CC(=O)OSc1cccc2ccccc12. The highest BCUT2D eigenvalue weighted by atomic mass is 32.2. The van der Waals surface area contributed by atoms with Crippen LogP contribution in [0.3, 0.4) is 0 Å². The van der Waals surface area contributed by atoms with E-state index >= 15 is 0 Å². The third-order valence-electron chi connectivity index (χ3n) is 2.00. The Balaban J connectivity index is 2.38. The number of hydrogen-bond donors (Lipinski definition) is 0. The van der Waals surface area contributed by atoms with Gasteiger partial charge >= 0.3 is 5.97 Å². The summed E-state index contributed by atoms with van der Waals surface area (Å²) in [6.07, 6.45) is 0. The van der Waals surface area contributed by atoms with E-state index in [9.17, 15) is 4.79 Å². The summed E-state index contributed by atoms with van der Waals surface area (Å²) in [5.74, 6) is -0.284. The number of benzene rings is 2. The Morgan fingerprint density at radius 3 is 2.67 bits per heavy atom. The normalized spacial score (nSPS) is 10.2. The molecule has 0 aliphatic heterocycles. The Bertz CT molecular complexity index is 488. The zero-order chi connectivity index (χ0) is 10.7. The van der Waals surface area contributed by atoms with Crippen LogP contribution in [-0.2, 0) is 8.98 Å². The molecule has 76 valence electrons. The Morgan fingerprint density at radius 1 is 1.13 bits per heavy atom. The smallest absolute Gasteiger partial charge is 0.315 e. The predicted molar refractivity (Wildman–Crippen MR) is 61.6 cm³/mol. The van der Waals surface area contributed by atoms with Crippen LogP contribution in [0.1, 0.15) is 6.92 Å². The van der Waals surface area contributed by atoms with Crippen LogP contribution in [0.2, 0.25) is 0 Å². The van der Waals surface area contributed by atoms with Gasteiger partial charge in [-0.2, -0.15) is 0 Å². The minimum atomic E-state index is -0.284. The second kappa shape index (κ2) is 4.36. The first-order valence-corrected chi connectivity index (χ1v) is 5.34. The fraction of sp³-hybridized carbons (Fsp3) is 0.0833. The summed E-state index contributed by atoms with van der Waals surface area (Å²) in [7, 11) is 0. The third-order valence-corrected chi connectivity index (χ3v) is 2.85. The van der Waals surface area contributed by atoms with Crippen molar-refractivity contribution in [2.75, 3.05) is 0 Å². The van der Waals surface area contributed by atoms with Gasteiger partial charge in [-0.3, -0.25) is 4.79 Å². The van der Waals surface area contributed by atoms with Crippen LogP contribution in [0.4, 0.5) is 0 Å². The Labute approximate surface area is 92.5 Å². The molecule has 2 rings (SSSR count). The molecule has 3 heteroatoms. The standard InChI is InChI=1S/C12H10O2S/c1-9(13)14-15-12-8-4-6-10-5-2-3-7-11(10)12/h2-8H,1H3. The molecular weight excluding hydrogens is 208 g/mol. The topological polar surface area (TPSA) is 26.3 Å². The van der Waals surface area contributed by atoms with Gasteiger partial charge in [-0.05, 0) is 16.8 Å². The van der Waals surface area contributed by atoms with Crippen LogP contribution >= 0.6 is 12.0 Å². The molecule has 2 aromatic carbocycles. The fourth-order valence-corrected chi connectivity index (χ4v) is 1.99. The van der Waals surface area contributed by atoms with E-state index in [4.69, 9.17) is 4.18 Å². The van der Waals surface area contributed by atoms with Gasteiger partial charge in [-0.25, -0.2) is 0 Å². The molecule has 0 radical (unpaired) electrons. The molecule has 0 unspecified atom stereocenters. The highest BCUT2D eigenvalue weighted by Crippen LogP contribution is 2.28. The van der Waals surface area contributed by atoms with Crippen molar-refractivity contribution in [1.82, 2.24) is 0 Å². The highest BCUT2D eigenvalue weighted by Gasteiger charge is 2.03. The lowest BCUT2D eigenvalue weighted by Gasteiger charge is -2.04. The lowest BCUT2D eigenvalue weighted by atomic mass is 10.1. The van der Waals surface area contributed by atoms with Gasteiger partial charge in [-0.1, -0.05) is 36.4 Å². The molecule has 0 heterocycles. The molecule has 2 aromatic rings. The lowest BCUT2D eigenvalue weighted by molar-refractivity contribution is -0.130. The van der Waals surface area contributed by atoms with Crippen molar-refractivity contribution < 1.29 is 8.98 Å². The summed E-state index contributed by atoms with van der Waals surface area (Å²) < 4.78 is 4.91. The molecule has 0 saturated carbocycles. The monoisotopic (exact) mass is 218 g/mol. The summed E-state index contributed by atoms with van der Waals surface area (Å²) in [6, 6.07) is 13.9. The second-order valence-electron chi connectivity index (χ2n) is 3.14. The largest absolute Gasteiger partial charge is 0.386 e. The molecule has 0 atom stereocenters. The number of rotatable bonds is 2. The summed E-state index contributed by atoms with van der Waals surface area (Å²) in [6.45, 7) is 1.40. The Hall–Kier alpha value is -1.48. The quantitative estimate of drug-likeness (QED) is 0.722. The molecule has 0 bridgehead atoms. The zero-order valence-corrected chi connectivity index (χ0v) is 9.08. The summed E-state index contributed by atoms with van der Waals surface area (Å²) >= 11 is 1.11. The van der Waals surface area contributed by atoms with E-state index in [1.807, 2.05) is 42.5 Å². The first kappa shape index (κ1) is 10.1. The van der Waals surface area contributed by atoms with Crippen LogP contribution in [0.5, 0.6) is 0 Å². The molecular formula is C12H10O2S. The molecule has 0 aliphatic carbocycles. The maximum atomic E-state index is 10.7. The first-order chi connectivity index (χ1) is 7.27. The molecule has 0 amide bonds. The number of hydrogen-bond acceptors (Lipinski definition) is 3. The van der Waals surface area contributed by atoms with Crippen molar-refractivity contribution >= 4 is 28.8 Å². The maximum absolute atomic E-state index is 10.7. The van der Waals surface area contributed by atoms with E-state index < -0.39 is 0 Å². The number of carbonyl (C=O) groups excluding carboxylic acids is 1. The highest BCUT2D eigenvalue weighted by molar-refractivity contribution is 7.95. The fourth-order valence-electron chi connectivity index (χ4n) is 1.37. The van der Waals surface area contributed by atoms with Crippen LogP contribution in [0.25, 0.3) is 10.8 Å². The van der Waals surface area contributed by atoms with Gasteiger partial charge in [0.05, 0.1) is 16.9 Å². The number of fused-ring (bicyclic) bond motifs is 1. The van der Waals surface area contributed by atoms with E-state index in [-0.39, 0.29) is 5.97 Å². The minimum Gasteiger partial charge on any atom is -0.386 e. The van der Waals surface area contributed by atoms with Crippen molar-refractivity contribution in [1.29, 1.82) is 0 Å². The lowest BCUT2D eigenvalue weighted by Crippen LogP contribution is -1.89. The summed E-state index contributed by atoms with van der Waals surface area (Å²) in [5, 5.41) is 2.25. The van der Waals surface area contributed by atoms with E-state index in [1.165, 1.54) is 6.92 Å². The molecule has 0 fully saturated rings. The van der Waals surface area contributed by atoms with Gasteiger partial charge < -0.3 is 4.18 Å². The van der Waals surface area contributed by atoms with Crippen LogP contribution in [0, 0.1) is 0 Å². The van der Waals surface area contributed by atoms with E-state index in [2.05, 4.69) is 0 Å². The second-order valence-corrected chi connectivity index (χ2v) is 3.91. The minimum absolute atomic E-state index is 0.284. The van der Waals surface area contributed by atoms with Crippen molar-refractivity contribution in [2.24, 2.45) is 0 Å². The van der Waals surface area contributed by atoms with E-state index in [0.717, 1.165) is 27.7 Å². The molecule has 2 nitrogen and oxygen atoms in total. The van der Waals surface area contributed by atoms with Gasteiger partial charge in [0.25, 0.3) is 0 Å². The third kappa shape index (κ3) is 2.30. The predicted octanol–water partition coefficient (Wildman–Crippen LogP) is 3.41. The maximum Gasteiger partial charge on any atom is 0.315 e. The van der Waals surface area contributed by atoms with Crippen LogP contribution < -0.4 is 0 Å². The molecule has 0 aromatic heterocycles. The molecule has 0 saturated heterocycles. The molecule has 0 N–H and O–H groups in total. The Morgan fingerprint density at radius 2 is 1.87 bits per heavy atom. The van der Waals surface area contributed by atoms with Crippen molar-refractivity contribution in [2.45, 2.75) is 11.8 Å². The average Bonchev–Trinajstić information content (AvgIpc) is 2.26. The molecule has 15 heavy (non-hydrogen) atoms. The van der Waals surface area contributed by atoms with Crippen LogP contribution in [0.15, 0.2) is 47.4 Å². The summed E-state index contributed by atoms with van der Waals surface area (Å²) in [4.78, 5) is 11.7. The average molecular weight is 218 g/mol. The van der Waals surface area contributed by atoms with E-state index in [1.54, 1.807) is 0 Å². The first-order valence-electron chi connectivity index (χ1n) is 4.60. The van der Waals surface area contributed by atoms with E-state index in [0.29, 0.717) is 0 Å². The van der Waals surface area contributed by atoms with Gasteiger partial charge in [0.15, 0.2) is 0 Å². The van der Waals surface area contributed by atoms with Gasteiger partial charge in [0.2, 0.25) is 0 Å². The van der Waals surface area contributed by atoms with Gasteiger partial charge in [0, 0.05) is 6.92 Å². The van der Waals surface area contributed by atoms with Gasteiger partial charge in [-0.15, -0.1) is 0 Å². The zero-order valence-electron chi connectivity index (χ0n) is 8.27. The molecule has 0 spiro atoms. The van der Waals surface area contributed by atoms with Crippen molar-refractivity contribution in [3.63, 3.8) is 0 Å². The van der Waals surface area contributed by atoms with Crippen molar-refractivity contribution in [3.8, 4) is 0 Å². The van der Waals surface area contributed by atoms with Gasteiger partial charge in [0.1, 0.15) is 0 Å². The number of carbonyl (C=O) groups is 1. The van der Waals surface area contributed by atoms with Crippen LogP contribution in [-0.4, -0.2) is 5.97 Å². The van der Waals surface area contributed by atoms with Crippen molar-refractivity contribution in [3.05, 3.63) is 42.5 Å².